The van der Waals surface area contributed by atoms with Gasteiger partial charge in [0.05, 0.1) is 23.8 Å². The minimum Gasteiger partial charge on any atom is -0.309 e. The van der Waals surface area contributed by atoms with Gasteiger partial charge < -0.3 is 4.57 Å². The van der Waals surface area contributed by atoms with Crippen LogP contribution < -0.4 is 0 Å². The summed E-state index contributed by atoms with van der Waals surface area (Å²) in [6, 6.07) is 54.2. The molecule has 7 aromatic rings. The van der Waals surface area contributed by atoms with Gasteiger partial charge in [-0.25, -0.2) is 5.01 Å². The first-order valence-electron chi connectivity index (χ1n) is 14.4. The molecule has 0 amide bonds. The van der Waals surface area contributed by atoms with Crippen molar-refractivity contribution in [2.75, 3.05) is 0 Å². The van der Waals surface area contributed by atoms with Crippen molar-refractivity contribution in [3.05, 3.63) is 174 Å². The Morgan fingerprint density at radius 3 is 1.98 bits per heavy atom. The minimum absolute atomic E-state index is 0.359. The molecule has 0 aliphatic heterocycles. The van der Waals surface area contributed by atoms with Gasteiger partial charge in [-0.1, -0.05) is 127 Å². The Labute approximate surface area is 251 Å². The third-order valence-electron chi connectivity index (χ3n) is 7.76. The monoisotopic (exact) mass is 554 g/mol. The summed E-state index contributed by atoms with van der Waals surface area (Å²) >= 11 is 0. The number of para-hydroxylation sites is 1. The minimum atomic E-state index is 0.359. The molecule has 4 nitrogen and oxygen atoms in total. The van der Waals surface area contributed by atoms with Crippen LogP contribution in [0.1, 0.15) is 16.7 Å². The Morgan fingerprint density at radius 2 is 1.23 bits per heavy atom. The molecule has 0 bridgehead atoms. The van der Waals surface area contributed by atoms with Crippen molar-refractivity contribution in [1.29, 1.82) is 5.41 Å². The molecule has 0 aliphatic rings. The molecule has 7 rings (SSSR count). The second-order valence-corrected chi connectivity index (χ2v) is 10.5. The Balaban J connectivity index is 1.22. The fraction of sp³-hybridized carbons (Fsp3) is 0.0256. The Hall–Kier alpha value is -5.74. The smallest absolute Gasteiger partial charge is 0.148 e. The van der Waals surface area contributed by atoms with Crippen LogP contribution in [0.4, 0.5) is 0 Å². The molecule has 0 atom stereocenters. The number of aromatic nitrogens is 1. The van der Waals surface area contributed by atoms with Gasteiger partial charge in [0.2, 0.25) is 0 Å². The maximum absolute atomic E-state index is 8.86. The van der Waals surface area contributed by atoms with Crippen molar-refractivity contribution in [3.8, 4) is 16.8 Å². The zero-order chi connectivity index (χ0) is 29.0. The molecule has 0 saturated carbocycles. The third-order valence-corrected chi connectivity index (χ3v) is 7.76. The van der Waals surface area contributed by atoms with Crippen LogP contribution in [-0.4, -0.2) is 21.6 Å². The number of nitrogens with zero attached hydrogens (tertiary/aromatic N) is 3. The number of rotatable bonds is 7. The van der Waals surface area contributed by atoms with E-state index in [-0.39, 0.29) is 0 Å². The summed E-state index contributed by atoms with van der Waals surface area (Å²) in [5, 5.41) is 17.9. The van der Waals surface area contributed by atoms with Crippen LogP contribution in [0.5, 0.6) is 0 Å². The normalized spacial score (nSPS) is 11.3. The maximum Gasteiger partial charge on any atom is 0.148 e. The van der Waals surface area contributed by atoms with Crippen molar-refractivity contribution < 1.29 is 0 Å². The summed E-state index contributed by atoms with van der Waals surface area (Å²) < 4.78 is 2.33. The largest absolute Gasteiger partial charge is 0.309 e. The lowest BCUT2D eigenvalue weighted by Crippen LogP contribution is -2.25. The highest BCUT2D eigenvalue weighted by Gasteiger charge is 2.14. The van der Waals surface area contributed by atoms with Crippen molar-refractivity contribution in [2.45, 2.75) is 6.54 Å². The van der Waals surface area contributed by atoms with Gasteiger partial charge in [0.25, 0.3) is 0 Å². The predicted molar refractivity (Wildman–Crippen MR) is 179 cm³/mol. The van der Waals surface area contributed by atoms with Gasteiger partial charge in [-0.3, -0.25) is 5.41 Å². The zero-order valence-electron chi connectivity index (χ0n) is 23.6. The molecular weight excluding hydrogens is 524 g/mol. The number of nitrogens with one attached hydrogen (secondary N) is 1. The van der Waals surface area contributed by atoms with Crippen molar-refractivity contribution in [1.82, 2.24) is 9.58 Å². The van der Waals surface area contributed by atoms with E-state index >= 15 is 0 Å². The van der Waals surface area contributed by atoms with Crippen LogP contribution in [0, 0.1) is 5.41 Å². The van der Waals surface area contributed by atoms with Crippen LogP contribution in [0.3, 0.4) is 0 Å². The van der Waals surface area contributed by atoms with Crippen LogP contribution in [0.15, 0.2) is 163 Å². The number of benzene rings is 6. The topological polar surface area (TPSA) is 44.4 Å². The van der Waals surface area contributed by atoms with E-state index < -0.39 is 0 Å². The highest BCUT2D eigenvalue weighted by molar-refractivity contribution is 6.10. The second kappa shape index (κ2) is 11.6. The predicted octanol–water partition coefficient (Wildman–Crippen LogP) is 9.31. The van der Waals surface area contributed by atoms with Crippen molar-refractivity contribution >= 4 is 33.9 Å². The van der Waals surface area contributed by atoms with E-state index in [1.54, 1.807) is 5.01 Å². The first kappa shape index (κ1) is 26.2. The molecule has 0 unspecified atom stereocenters. The van der Waals surface area contributed by atoms with Crippen LogP contribution in [0.25, 0.3) is 38.6 Å². The summed E-state index contributed by atoms with van der Waals surface area (Å²) in [5.41, 5.74) is 8.76. The summed E-state index contributed by atoms with van der Waals surface area (Å²) in [4.78, 5) is 0. The second-order valence-electron chi connectivity index (χ2n) is 10.5. The number of hydrogen-bond donors (Lipinski definition) is 1. The van der Waals surface area contributed by atoms with Gasteiger partial charge in [0, 0.05) is 22.0 Å². The molecule has 43 heavy (non-hydrogen) atoms. The highest BCUT2D eigenvalue weighted by atomic mass is 15.5. The van der Waals surface area contributed by atoms with E-state index in [2.05, 4.69) is 114 Å². The molecule has 0 fully saturated rings. The van der Waals surface area contributed by atoms with E-state index in [4.69, 9.17) is 10.5 Å². The Morgan fingerprint density at radius 1 is 0.605 bits per heavy atom. The number of hydrazone groups is 1. The van der Waals surface area contributed by atoms with Crippen LogP contribution >= 0.6 is 0 Å². The SMILES string of the molecule is N=C(c1ccccc1)N(Cc1ccccc1)/N=C/c1ccc(-n2c3ccccc3c3cc(-c4ccccc4)ccc32)cc1. The van der Waals surface area contributed by atoms with Gasteiger partial charge in [-0.05, 0) is 52.6 Å². The van der Waals surface area contributed by atoms with E-state index in [9.17, 15) is 0 Å². The summed E-state index contributed by atoms with van der Waals surface area (Å²) in [7, 11) is 0. The quantitative estimate of drug-likeness (QED) is 0.119. The van der Waals surface area contributed by atoms with E-state index in [1.807, 2.05) is 54.7 Å². The molecule has 1 heterocycles. The molecule has 0 saturated heterocycles. The van der Waals surface area contributed by atoms with Crippen LogP contribution in [-0.2, 0) is 6.54 Å². The first-order valence-corrected chi connectivity index (χ1v) is 14.4. The van der Waals surface area contributed by atoms with Crippen LogP contribution in [0.2, 0.25) is 0 Å². The third kappa shape index (κ3) is 5.34. The lowest BCUT2D eigenvalue weighted by Gasteiger charge is -2.20. The van der Waals surface area contributed by atoms with Gasteiger partial charge in [0.15, 0.2) is 0 Å². The molecule has 0 aliphatic carbocycles. The number of hydrogen-bond acceptors (Lipinski definition) is 2. The fourth-order valence-corrected chi connectivity index (χ4v) is 5.59. The fourth-order valence-electron chi connectivity index (χ4n) is 5.59. The van der Waals surface area contributed by atoms with Crippen molar-refractivity contribution in [2.24, 2.45) is 5.10 Å². The first-order chi connectivity index (χ1) is 21.2. The molecule has 1 N–H and O–H groups in total. The molecule has 206 valence electrons. The molecule has 0 spiro atoms. The highest BCUT2D eigenvalue weighted by Crippen LogP contribution is 2.34. The molecule has 6 aromatic carbocycles. The number of amidine groups is 1. The Bertz CT molecular complexity index is 2040. The maximum atomic E-state index is 8.86. The molecule has 4 heteroatoms. The molecule has 1 aromatic heterocycles. The van der Waals surface area contributed by atoms with Gasteiger partial charge >= 0.3 is 0 Å². The van der Waals surface area contributed by atoms with Gasteiger partial charge in [-0.2, -0.15) is 5.10 Å². The molecular formula is C39H30N4. The standard InChI is InChI=1S/C39H30N4/c40-39(32-16-8-3-9-17-32)42(28-30-12-4-1-5-13-30)41-27-29-20-23-34(24-21-29)43-37-19-11-10-18-35(37)36-26-33(22-25-38(36)43)31-14-6-2-7-15-31/h1-27,40H,28H2/b40-39?,41-27+. The number of fused-ring (bicyclic) bond motifs is 3. The summed E-state index contributed by atoms with van der Waals surface area (Å²) in [6.07, 6.45) is 1.84. The van der Waals surface area contributed by atoms with E-state index in [1.165, 1.54) is 32.9 Å². The summed E-state index contributed by atoms with van der Waals surface area (Å²) in [6.45, 7) is 0.509. The average molecular weight is 555 g/mol. The lowest BCUT2D eigenvalue weighted by atomic mass is 10.0. The van der Waals surface area contributed by atoms with Crippen molar-refractivity contribution in [3.63, 3.8) is 0 Å². The Kier molecular flexibility index (Phi) is 7.08. The lowest BCUT2D eigenvalue weighted by molar-refractivity contribution is 0.439. The van der Waals surface area contributed by atoms with Gasteiger partial charge in [0.1, 0.15) is 5.84 Å². The van der Waals surface area contributed by atoms with E-state index in [0.29, 0.717) is 12.4 Å². The summed E-state index contributed by atoms with van der Waals surface area (Å²) in [5.74, 6) is 0.359. The van der Waals surface area contributed by atoms with Gasteiger partial charge in [-0.15, -0.1) is 0 Å². The molecule has 0 radical (unpaired) electrons. The van der Waals surface area contributed by atoms with E-state index in [0.717, 1.165) is 22.4 Å². The zero-order valence-corrected chi connectivity index (χ0v) is 23.6. The average Bonchev–Trinajstić information content (AvgIpc) is 3.41.